The van der Waals surface area contributed by atoms with E-state index in [0.717, 1.165) is 22.4 Å². The molecule has 0 radical (unpaired) electrons. The number of H-pyrrole nitrogens is 1. The van der Waals surface area contributed by atoms with Gasteiger partial charge in [0, 0.05) is 23.2 Å². The van der Waals surface area contributed by atoms with Crippen molar-refractivity contribution in [3.05, 3.63) is 59.8 Å². The predicted molar refractivity (Wildman–Crippen MR) is 96.8 cm³/mol. The molecule has 24 heavy (non-hydrogen) atoms. The van der Waals surface area contributed by atoms with E-state index in [0.29, 0.717) is 11.6 Å². The fourth-order valence-corrected chi connectivity index (χ4v) is 2.56. The molecule has 2 aromatic heterocycles. The number of rotatable bonds is 5. The summed E-state index contributed by atoms with van der Waals surface area (Å²) < 4.78 is 0. The van der Waals surface area contributed by atoms with Gasteiger partial charge in [0.25, 0.3) is 0 Å². The number of anilines is 1. The van der Waals surface area contributed by atoms with Gasteiger partial charge in [-0.15, -0.1) is 0 Å². The van der Waals surface area contributed by atoms with Gasteiger partial charge in [-0.2, -0.15) is 0 Å². The van der Waals surface area contributed by atoms with E-state index in [1.807, 2.05) is 44.2 Å². The molecule has 2 heterocycles. The maximum absolute atomic E-state index is 11.6. The van der Waals surface area contributed by atoms with Crippen LogP contribution in [-0.2, 0) is 4.79 Å². The number of hydrogen-bond donors (Lipinski definition) is 3. The van der Waals surface area contributed by atoms with Crippen LogP contribution >= 0.6 is 0 Å². The Morgan fingerprint density at radius 2 is 1.96 bits per heavy atom. The van der Waals surface area contributed by atoms with Crippen molar-refractivity contribution in [3.63, 3.8) is 0 Å². The summed E-state index contributed by atoms with van der Waals surface area (Å²) in [7, 11) is 0. The Labute approximate surface area is 140 Å². The van der Waals surface area contributed by atoms with Crippen molar-refractivity contribution in [2.75, 3.05) is 5.32 Å². The molecule has 5 heteroatoms. The topological polar surface area (TPSA) is 78.0 Å². The molecule has 0 bridgehead atoms. The highest BCUT2D eigenvalue weighted by atomic mass is 16.4. The van der Waals surface area contributed by atoms with Gasteiger partial charge in [-0.05, 0) is 37.6 Å². The lowest BCUT2D eigenvalue weighted by molar-refractivity contribution is -0.130. The zero-order valence-corrected chi connectivity index (χ0v) is 13.6. The first kappa shape index (κ1) is 15.8. The molecule has 1 aromatic carbocycles. The number of carbonyl (C=O) groups is 1. The quantitative estimate of drug-likeness (QED) is 0.621. The van der Waals surface area contributed by atoms with Crippen molar-refractivity contribution >= 4 is 34.5 Å². The fraction of sp³-hybridized carbons (Fsp3) is 0.158. The largest absolute Gasteiger partial charge is 0.478 e. The van der Waals surface area contributed by atoms with E-state index >= 15 is 0 Å². The number of hydrogen-bond acceptors (Lipinski definition) is 3. The molecule has 0 spiro atoms. The summed E-state index contributed by atoms with van der Waals surface area (Å²) >= 11 is 0. The van der Waals surface area contributed by atoms with Crippen LogP contribution in [0.2, 0.25) is 0 Å². The molecule has 0 saturated carbocycles. The number of carboxylic acids is 1. The number of fused-ring (bicyclic) bond motifs is 1. The highest BCUT2D eigenvalue weighted by Crippen LogP contribution is 2.24. The van der Waals surface area contributed by atoms with Crippen LogP contribution in [0.15, 0.2) is 48.7 Å². The molecular weight excluding hydrogens is 302 g/mol. The predicted octanol–water partition coefficient (Wildman–Crippen LogP) is 4.01. The Kier molecular flexibility index (Phi) is 4.33. The Morgan fingerprint density at radius 3 is 2.62 bits per heavy atom. The van der Waals surface area contributed by atoms with Crippen LogP contribution in [0.5, 0.6) is 0 Å². The number of aliphatic carboxylic acids is 1. The second-order valence-corrected chi connectivity index (χ2v) is 5.86. The van der Waals surface area contributed by atoms with Crippen LogP contribution in [0.25, 0.3) is 22.7 Å². The van der Waals surface area contributed by atoms with Gasteiger partial charge < -0.3 is 15.4 Å². The lowest BCUT2D eigenvalue weighted by Gasteiger charge is -2.08. The van der Waals surface area contributed by atoms with Crippen molar-refractivity contribution in [1.29, 1.82) is 0 Å². The van der Waals surface area contributed by atoms with Crippen molar-refractivity contribution in [2.45, 2.75) is 19.9 Å². The van der Waals surface area contributed by atoms with Crippen LogP contribution in [0.3, 0.4) is 0 Å². The number of nitrogens with zero attached hydrogens (tertiary/aromatic N) is 1. The van der Waals surface area contributed by atoms with Crippen LogP contribution in [0.4, 0.5) is 5.82 Å². The van der Waals surface area contributed by atoms with Crippen LogP contribution in [0.1, 0.15) is 25.0 Å². The number of pyridine rings is 1. The lowest BCUT2D eigenvalue weighted by Crippen LogP contribution is -2.10. The summed E-state index contributed by atoms with van der Waals surface area (Å²) in [6.07, 6.45) is 3.45. The molecule has 0 aliphatic heterocycles. The first-order valence-corrected chi connectivity index (χ1v) is 7.79. The van der Waals surface area contributed by atoms with Gasteiger partial charge in [-0.3, -0.25) is 0 Å². The number of aromatic nitrogens is 2. The minimum absolute atomic E-state index is 0.251. The Morgan fingerprint density at radius 1 is 1.21 bits per heavy atom. The molecule has 5 nitrogen and oxygen atoms in total. The molecule has 0 aliphatic rings. The second kappa shape index (κ2) is 6.58. The third-order valence-electron chi connectivity index (χ3n) is 3.62. The van der Waals surface area contributed by atoms with E-state index in [9.17, 15) is 9.90 Å². The summed E-state index contributed by atoms with van der Waals surface area (Å²) in [6.45, 7) is 4.10. The molecule has 3 rings (SSSR count). The van der Waals surface area contributed by atoms with Crippen LogP contribution in [0, 0.1) is 0 Å². The first-order valence-electron chi connectivity index (χ1n) is 7.79. The van der Waals surface area contributed by atoms with Gasteiger partial charge in [0.1, 0.15) is 11.5 Å². The summed E-state index contributed by atoms with van der Waals surface area (Å²) in [5.74, 6) is -0.169. The summed E-state index contributed by atoms with van der Waals surface area (Å²) in [5, 5.41) is 13.7. The van der Waals surface area contributed by atoms with Gasteiger partial charge in [0.15, 0.2) is 0 Å². The molecule has 3 aromatic rings. The molecule has 0 saturated heterocycles. The number of aromatic amines is 1. The molecule has 0 fully saturated rings. The van der Waals surface area contributed by atoms with Crippen molar-refractivity contribution in [2.24, 2.45) is 0 Å². The maximum Gasteiger partial charge on any atom is 0.336 e. The third-order valence-corrected chi connectivity index (χ3v) is 3.62. The van der Waals surface area contributed by atoms with E-state index < -0.39 is 5.97 Å². The number of carboxylic acid groups (broad SMARTS) is 1. The van der Waals surface area contributed by atoms with Gasteiger partial charge >= 0.3 is 5.97 Å². The zero-order chi connectivity index (χ0) is 17.1. The molecule has 0 aliphatic carbocycles. The van der Waals surface area contributed by atoms with Crippen LogP contribution in [-0.4, -0.2) is 27.1 Å². The summed E-state index contributed by atoms with van der Waals surface area (Å²) in [6, 6.07) is 13.2. The van der Waals surface area contributed by atoms with Gasteiger partial charge in [-0.1, -0.05) is 30.3 Å². The summed E-state index contributed by atoms with van der Waals surface area (Å²) in [5.41, 5.74) is 2.45. The molecule has 3 N–H and O–H groups in total. The van der Waals surface area contributed by atoms with E-state index in [-0.39, 0.29) is 5.57 Å². The average molecular weight is 321 g/mol. The third kappa shape index (κ3) is 3.30. The number of benzene rings is 1. The Bertz CT molecular complexity index is 895. The van der Waals surface area contributed by atoms with E-state index in [1.165, 1.54) is 0 Å². The Hall–Kier alpha value is -3.08. The highest BCUT2D eigenvalue weighted by molar-refractivity contribution is 6.21. The van der Waals surface area contributed by atoms with Crippen molar-refractivity contribution in [3.8, 4) is 0 Å². The van der Waals surface area contributed by atoms with Gasteiger partial charge in [0.05, 0.1) is 5.57 Å². The van der Waals surface area contributed by atoms with Crippen LogP contribution < -0.4 is 5.32 Å². The van der Waals surface area contributed by atoms with Gasteiger partial charge in [0.2, 0.25) is 0 Å². The fourth-order valence-electron chi connectivity index (χ4n) is 2.56. The van der Waals surface area contributed by atoms with E-state index in [1.54, 1.807) is 24.4 Å². The first-order chi connectivity index (χ1) is 11.5. The van der Waals surface area contributed by atoms with Gasteiger partial charge in [-0.25, -0.2) is 9.78 Å². The van der Waals surface area contributed by atoms with Crippen molar-refractivity contribution in [1.82, 2.24) is 9.97 Å². The number of nitrogens with one attached hydrogen (secondary N) is 2. The lowest BCUT2D eigenvalue weighted by atomic mass is 10.0. The summed E-state index contributed by atoms with van der Waals surface area (Å²) in [4.78, 5) is 19.3. The van der Waals surface area contributed by atoms with E-state index in [2.05, 4.69) is 15.3 Å². The van der Waals surface area contributed by atoms with E-state index in [4.69, 9.17) is 0 Å². The van der Waals surface area contributed by atoms with Crippen molar-refractivity contribution < 1.29 is 9.90 Å². The smallest absolute Gasteiger partial charge is 0.336 e. The molecule has 0 atom stereocenters. The standard InChI is InChI=1S/C19H19N3O2/c1-12(2)21-17-9-8-15-14(11-20-18(15)22-17)10-16(19(23)24)13-6-4-3-5-7-13/h3-12H,1-2H3,(H,23,24)(H2,20,21,22). The molecular formula is C19H19N3O2. The highest BCUT2D eigenvalue weighted by Gasteiger charge is 2.12. The normalized spacial score (nSPS) is 11.9. The minimum atomic E-state index is -0.957. The average Bonchev–Trinajstić information content (AvgIpc) is 2.94. The molecule has 0 amide bonds. The maximum atomic E-state index is 11.6. The Balaban J connectivity index is 2.03. The molecule has 122 valence electrons. The monoisotopic (exact) mass is 321 g/mol. The zero-order valence-electron chi connectivity index (χ0n) is 13.6. The molecule has 0 unspecified atom stereocenters. The second-order valence-electron chi connectivity index (χ2n) is 5.86. The SMILES string of the molecule is CC(C)Nc1ccc2c(C=C(C(=O)O)c3ccccc3)c[nH]c2n1. The minimum Gasteiger partial charge on any atom is -0.478 e.